The van der Waals surface area contributed by atoms with Gasteiger partial charge in [-0.25, -0.2) is 9.78 Å². The van der Waals surface area contributed by atoms with Crippen molar-refractivity contribution in [2.75, 3.05) is 11.4 Å². The third-order valence-corrected chi connectivity index (χ3v) is 5.76. The highest BCUT2D eigenvalue weighted by atomic mass is 16.5. The van der Waals surface area contributed by atoms with Gasteiger partial charge in [0.1, 0.15) is 0 Å². The SMILES string of the molecule is O=C1NCC(c2ccc(-c3cc(C4CC4)no3)cc2)N1c1ccc2nc[nH]c2c1. The molecule has 0 spiro atoms. The number of nitrogens with one attached hydrogen (secondary N) is 2. The van der Waals surface area contributed by atoms with E-state index < -0.39 is 0 Å². The van der Waals surface area contributed by atoms with Crippen molar-refractivity contribution >= 4 is 22.8 Å². The van der Waals surface area contributed by atoms with Gasteiger partial charge in [-0.3, -0.25) is 4.90 Å². The molecule has 0 bridgehead atoms. The molecule has 2 fully saturated rings. The van der Waals surface area contributed by atoms with Crippen molar-refractivity contribution in [3.05, 3.63) is 66.1 Å². The molecule has 2 aliphatic rings. The molecule has 6 rings (SSSR count). The Labute approximate surface area is 166 Å². The molecule has 3 heterocycles. The average Bonchev–Trinajstić information content (AvgIpc) is 3.15. The van der Waals surface area contributed by atoms with E-state index in [0.29, 0.717) is 12.5 Å². The Morgan fingerprint density at radius 2 is 1.93 bits per heavy atom. The molecule has 7 nitrogen and oxygen atoms in total. The fourth-order valence-corrected chi connectivity index (χ4v) is 4.01. The molecule has 1 unspecified atom stereocenters. The minimum absolute atomic E-state index is 0.0753. The van der Waals surface area contributed by atoms with Crippen LogP contribution in [0.3, 0.4) is 0 Å². The van der Waals surface area contributed by atoms with E-state index in [1.807, 2.05) is 36.4 Å². The molecule has 4 aromatic rings. The zero-order valence-corrected chi connectivity index (χ0v) is 15.6. The van der Waals surface area contributed by atoms with E-state index in [9.17, 15) is 4.79 Å². The monoisotopic (exact) mass is 385 g/mol. The lowest BCUT2D eigenvalue weighted by Gasteiger charge is -2.23. The summed E-state index contributed by atoms with van der Waals surface area (Å²) in [4.78, 5) is 21.7. The van der Waals surface area contributed by atoms with E-state index in [4.69, 9.17) is 4.52 Å². The van der Waals surface area contributed by atoms with E-state index in [1.54, 1.807) is 11.2 Å². The molecule has 2 amide bonds. The van der Waals surface area contributed by atoms with E-state index >= 15 is 0 Å². The van der Waals surface area contributed by atoms with Gasteiger partial charge >= 0.3 is 6.03 Å². The Bertz CT molecular complexity index is 1210. The van der Waals surface area contributed by atoms with Crippen LogP contribution in [0.25, 0.3) is 22.4 Å². The quantitative estimate of drug-likeness (QED) is 0.546. The number of H-pyrrole nitrogens is 1. The first kappa shape index (κ1) is 16.4. The van der Waals surface area contributed by atoms with Gasteiger partial charge in [0.2, 0.25) is 0 Å². The topological polar surface area (TPSA) is 87.1 Å². The molecule has 144 valence electrons. The van der Waals surface area contributed by atoms with Crippen molar-refractivity contribution in [1.82, 2.24) is 20.4 Å². The van der Waals surface area contributed by atoms with Crippen molar-refractivity contribution in [2.45, 2.75) is 24.8 Å². The number of carbonyl (C=O) groups is 1. The summed E-state index contributed by atoms with van der Waals surface area (Å²) < 4.78 is 5.52. The second-order valence-electron chi connectivity index (χ2n) is 7.69. The van der Waals surface area contributed by atoms with Crippen LogP contribution in [0.2, 0.25) is 0 Å². The highest BCUT2D eigenvalue weighted by molar-refractivity contribution is 5.97. The molecule has 0 radical (unpaired) electrons. The van der Waals surface area contributed by atoms with E-state index in [0.717, 1.165) is 39.3 Å². The van der Waals surface area contributed by atoms with Gasteiger partial charge in [0.15, 0.2) is 5.76 Å². The maximum atomic E-state index is 12.6. The summed E-state index contributed by atoms with van der Waals surface area (Å²) >= 11 is 0. The van der Waals surface area contributed by atoms with Gasteiger partial charge in [-0.05, 0) is 36.6 Å². The molecule has 2 aromatic heterocycles. The third-order valence-electron chi connectivity index (χ3n) is 5.76. The van der Waals surface area contributed by atoms with Crippen molar-refractivity contribution < 1.29 is 9.32 Å². The number of hydrogen-bond donors (Lipinski definition) is 2. The molecular weight excluding hydrogens is 366 g/mol. The van der Waals surface area contributed by atoms with Crippen molar-refractivity contribution in [1.29, 1.82) is 0 Å². The van der Waals surface area contributed by atoms with Crippen LogP contribution in [0.15, 0.2) is 59.4 Å². The van der Waals surface area contributed by atoms with Crippen LogP contribution < -0.4 is 10.2 Å². The van der Waals surface area contributed by atoms with E-state index in [-0.39, 0.29) is 12.1 Å². The van der Waals surface area contributed by atoms with Crippen molar-refractivity contribution in [2.24, 2.45) is 0 Å². The minimum atomic E-state index is -0.0951. The van der Waals surface area contributed by atoms with Gasteiger partial charge in [0, 0.05) is 29.8 Å². The number of nitrogens with zero attached hydrogens (tertiary/aromatic N) is 3. The normalized spacial score (nSPS) is 19.1. The molecule has 1 atom stereocenters. The molecule has 29 heavy (non-hydrogen) atoms. The summed E-state index contributed by atoms with van der Waals surface area (Å²) in [6.45, 7) is 0.563. The Balaban J connectivity index is 1.30. The number of rotatable bonds is 4. The van der Waals surface area contributed by atoms with Gasteiger partial charge in [-0.1, -0.05) is 29.4 Å². The summed E-state index contributed by atoms with van der Waals surface area (Å²) in [5, 5.41) is 7.15. The Kier molecular flexibility index (Phi) is 3.50. The third kappa shape index (κ3) is 2.77. The average molecular weight is 385 g/mol. The second kappa shape index (κ2) is 6.20. The summed E-state index contributed by atoms with van der Waals surface area (Å²) in [6, 6.07) is 15.9. The largest absolute Gasteiger partial charge is 0.356 e. The van der Waals surface area contributed by atoms with E-state index in [2.05, 4.69) is 32.6 Å². The Morgan fingerprint density at radius 1 is 1.07 bits per heavy atom. The summed E-state index contributed by atoms with van der Waals surface area (Å²) in [7, 11) is 0. The van der Waals surface area contributed by atoms with Crippen LogP contribution in [0, 0.1) is 0 Å². The zero-order valence-electron chi connectivity index (χ0n) is 15.6. The number of imidazole rings is 1. The Morgan fingerprint density at radius 3 is 2.76 bits per heavy atom. The summed E-state index contributed by atoms with van der Waals surface area (Å²) in [5.74, 6) is 1.36. The van der Waals surface area contributed by atoms with Gasteiger partial charge in [-0.15, -0.1) is 0 Å². The fraction of sp³-hybridized carbons (Fsp3) is 0.227. The van der Waals surface area contributed by atoms with Gasteiger partial charge < -0.3 is 14.8 Å². The maximum Gasteiger partial charge on any atom is 0.322 e. The number of hydrogen-bond acceptors (Lipinski definition) is 4. The number of amides is 2. The van der Waals surface area contributed by atoms with Gasteiger partial charge in [0.05, 0.1) is 29.1 Å². The number of carbonyl (C=O) groups excluding carboxylic acids is 1. The lowest BCUT2D eigenvalue weighted by atomic mass is 10.0. The molecule has 1 saturated heterocycles. The second-order valence-corrected chi connectivity index (χ2v) is 7.69. The number of urea groups is 1. The van der Waals surface area contributed by atoms with Crippen LogP contribution in [0.5, 0.6) is 0 Å². The number of benzene rings is 2. The minimum Gasteiger partial charge on any atom is -0.356 e. The van der Waals surface area contributed by atoms with Crippen molar-refractivity contribution in [3.63, 3.8) is 0 Å². The molecule has 1 aliphatic carbocycles. The van der Waals surface area contributed by atoms with Crippen LogP contribution in [0.4, 0.5) is 10.5 Å². The zero-order chi connectivity index (χ0) is 19.4. The first-order valence-corrected chi connectivity index (χ1v) is 9.83. The number of aromatic amines is 1. The van der Waals surface area contributed by atoms with Gasteiger partial charge in [-0.2, -0.15) is 0 Å². The predicted molar refractivity (Wildman–Crippen MR) is 109 cm³/mol. The molecule has 2 N–H and O–H groups in total. The molecule has 1 aliphatic heterocycles. The number of aromatic nitrogens is 3. The summed E-state index contributed by atoms with van der Waals surface area (Å²) in [5.41, 5.74) is 5.75. The molecule has 7 heteroatoms. The lowest BCUT2D eigenvalue weighted by molar-refractivity contribution is 0.251. The lowest BCUT2D eigenvalue weighted by Crippen LogP contribution is -2.29. The fourth-order valence-electron chi connectivity index (χ4n) is 4.01. The first-order valence-electron chi connectivity index (χ1n) is 9.83. The highest BCUT2D eigenvalue weighted by Crippen LogP contribution is 2.40. The van der Waals surface area contributed by atoms with Crippen LogP contribution in [-0.2, 0) is 0 Å². The van der Waals surface area contributed by atoms with Crippen molar-refractivity contribution in [3.8, 4) is 11.3 Å². The highest BCUT2D eigenvalue weighted by Gasteiger charge is 2.33. The molecule has 1 saturated carbocycles. The first-order chi connectivity index (χ1) is 14.3. The smallest absolute Gasteiger partial charge is 0.322 e. The molecular formula is C22H19N5O2. The van der Waals surface area contributed by atoms with Crippen LogP contribution in [0.1, 0.15) is 36.1 Å². The van der Waals surface area contributed by atoms with Crippen LogP contribution in [-0.4, -0.2) is 27.7 Å². The van der Waals surface area contributed by atoms with Gasteiger partial charge in [0.25, 0.3) is 0 Å². The van der Waals surface area contributed by atoms with E-state index in [1.165, 1.54) is 12.8 Å². The summed E-state index contributed by atoms with van der Waals surface area (Å²) in [6.07, 6.45) is 4.06. The maximum absolute atomic E-state index is 12.6. The Hall–Kier alpha value is -3.61. The molecule has 2 aromatic carbocycles. The van der Waals surface area contributed by atoms with Crippen LogP contribution >= 0.6 is 0 Å². The predicted octanol–water partition coefficient (Wildman–Crippen LogP) is 4.37. The standard InChI is InChI=1S/C22H19N5O2/c28-22-23-11-20(27(22)16-7-8-17-19(9-16)25-12-24-17)14-3-5-15(6-4-14)21-10-18(26-29-21)13-1-2-13/h3-10,12-13,20H,1-2,11H2,(H,23,28)(H,24,25). The number of fused-ring (bicyclic) bond motifs is 1. The number of anilines is 1.